The van der Waals surface area contributed by atoms with Gasteiger partial charge in [0.15, 0.2) is 0 Å². The van der Waals surface area contributed by atoms with Crippen LogP contribution in [0.2, 0.25) is 0 Å². The second kappa shape index (κ2) is 7.64. The van der Waals surface area contributed by atoms with E-state index in [1.165, 1.54) is 16.0 Å². The summed E-state index contributed by atoms with van der Waals surface area (Å²) in [6.07, 6.45) is 0.738. The molecule has 0 atom stereocenters. The largest absolute Gasteiger partial charge is 0.462 e. The number of aryl methyl sites for hydroxylation is 2. The summed E-state index contributed by atoms with van der Waals surface area (Å²) in [5.41, 5.74) is 2.88. The number of pyridine rings is 1. The number of hydrogen-bond acceptors (Lipinski definition) is 7. The van der Waals surface area contributed by atoms with E-state index in [2.05, 4.69) is 31.2 Å². The average molecular weight is 473 g/mol. The molecule has 0 unspecified atom stereocenters. The van der Waals surface area contributed by atoms with Gasteiger partial charge in [0.05, 0.1) is 23.6 Å². The highest BCUT2D eigenvalue weighted by Crippen LogP contribution is 2.35. The number of thiophene rings is 1. The first-order chi connectivity index (χ1) is 13.9. The minimum atomic E-state index is -0.433. The number of aromatic nitrogens is 4. The number of ether oxygens (including phenoxy) is 1. The highest BCUT2D eigenvalue weighted by atomic mass is 79.9. The molecule has 4 aromatic rings. The van der Waals surface area contributed by atoms with Crippen LogP contribution in [0.15, 0.2) is 33.5 Å². The number of nitrogens with zero attached hydrogens (tertiary/aromatic N) is 4. The van der Waals surface area contributed by atoms with Crippen molar-refractivity contribution >= 4 is 53.7 Å². The number of halogens is 1. The summed E-state index contributed by atoms with van der Waals surface area (Å²) in [6, 6.07) is 6.62. The van der Waals surface area contributed by atoms with Gasteiger partial charge in [-0.1, -0.05) is 18.2 Å². The van der Waals surface area contributed by atoms with Gasteiger partial charge in [-0.2, -0.15) is 4.68 Å². The number of fused-ring (bicyclic) bond motifs is 3. The molecule has 0 fully saturated rings. The maximum atomic E-state index is 13.1. The summed E-state index contributed by atoms with van der Waals surface area (Å²) >= 11 is 4.84. The molecule has 7 nitrogen and oxygen atoms in total. The Morgan fingerprint density at radius 2 is 2.10 bits per heavy atom. The molecular weight excluding hydrogens is 456 g/mol. The molecule has 0 radical (unpaired) electrons. The van der Waals surface area contributed by atoms with Crippen molar-refractivity contribution in [2.24, 2.45) is 0 Å². The van der Waals surface area contributed by atoms with Crippen molar-refractivity contribution < 1.29 is 9.53 Å². The van der Waals surface area contributed by atoms with E-state index in [1.54, 1.807) is 24.3 Å². The Bertz CT molecular complexity index is 1330. The molecule has 29 heavy (non-hydrogen) atoms. The van der Waals surface area contributed by atoms with Crippen molar-refractivity contribution in [3.8, 4) is 5.69 Å². The molecule has 0 saturated heterocycles. The Balaban J connectivity index is 1.87. The van der Waals surface area contributed by atoms with E-state index in [1.807, 2.05) is 20.8 Å². The molecule has 148 valence electrons. The quantitative estimate of drug-likeness (QED) is 0.410. The van der Waals surface area contributed by atoms with E-state index in [9.17, 15) is 9.59 Å². The van der Waals surface area contributed by atoms with Crippen LogP contribution in [-0.2, 0) is 4.74 Å². The van der Waals surface area contributed by atoms with Gasteiger partial charge in [-0.3, -0.25) is 4.79 Å². The Morgan fingerprint density at radius 1 is 1.31 bits per heavy atom. The fourth-order valence-electron chi connectivity index (χ4n) is 3.09. The lowest BCUT2D eigenvalue weighted by Gasteiger charge is -2.07. The van der Waals surface area contributed by atoms with Gasteiger partial charge in [0.2, 0.25) is 0 Å². The van der Waals surface area contributed by atoms with Gasteiger partial charge in [-0.25, -0.2) is 9.78 Å². The fourth-order valence-corrected chi connectivity index (χ4v) is 4.52. The molecule has 9 heteroatoms. The predicted molar refractivity (Wildman–Crippen MR) is 116 cm³/mol. The minimum Gasteiger partial charge on any atom is -0.462 e. The zero-order chi connectivity index (χ0) is 20.7. The Labute approximate surface area is 178 Å². The number of esters is 1. The smallest absolute Gasteiger partial charge is 0.338 e. The van der Waals surface area contributed by atoms with Crippen LogP contribution in [-0.4, -0.2) is 32.6 Å². The zero-order valence-electron chi connectivity index (χ0n) is 16.0. The summed E-state index contributed by atoms with van der Waals surface area (Å²) in [5, 5.41) is 9.26. The summed E-state index contributed by atoms with van der Waals surface area (Å²) in [5.74, 6) is -0.433. The van der Waals surface area contributed by atoms with E-state index < -0.39 is 5.97 Å². The first-order valence-corrected chi connectivity index (χ1v) is 10.7. The second-order valence-corrected chi connectivity index (χ2v) is 8.38. The summed E-state index contributed by atoms with van der Waals surface area (Å²) in [6.45, 7) is 6.15. The number of carbonyl (C=O) groups is 1. The van der Waals surface area contributed by atoms with Gasteiger partial charge in [0.1, 0.15) is 15.0 Å². The molecule has 0 spiro atoms. The van der Waals surface area contributed by atoms with Crippen LogP contribution in [0, 0.1) is 13.8 Å². The number of benzene rings is 1. The molecule has 0 N–H and O–H groups in total. The van der Waals surface area contributed by atoms with Crippen molar-refractivity contribution in [1.29, 1.82) is 0 Å². The van der Waals surface area contributed by atoms with Gasteiger partial charge in [-0.05, 0) is 60.0 Å². The van der Waals surface area contributed by atoms with Crippen LogP contribution in [0.4, 0.5) is 0 Å². The van der Waals surface area contributed by atoms with Crippen molar-refractivity contribution in [2.75, 3.05) is 6.61 Å². The first-order valence-electron chi connectivity index (χ1n) is 9.04. The van der Waals surface area contributed by atoms with E-state index in [0.29, 0.717) is 28.1 Å². The molecule has 3 aromatic heterocycles. The maximum absolute atomic E-state index is 13.1. The monoisotopic (exact) mass is 472 g/mol. The maximum Gasteiger partial charge on any atom is 0.338 e. The molecule has 1 aromatic carbocycles. The second-order valence-electron chi connectivity index (χ2n) is 6.59. The lowest BCUT2D eigenvalue weighted by Crippen LogP contribution is -2.22. The van der Waals surface area contributed by atoms with Gasteiger partial charge in [0, 0.05) is 9.86 Å². The van der Waals surface area contributed by atoms with Crippen molar-refractivity contribution in [1.82, 2.24) is 20.0 Å². The minimum absolute atomic E-state index is 0.301. The molecule has 0 aliphatic carbocycles. The molecule has 3 heterocycles. The molecule has 0 aliphatic rings. The molecule has 4 rings (SSSR count). The zero-order valence-corrected chi connectivity index (χ0v) is 18.4. The Morgan fingerprint density at radius 3 is 2.86 bits per heavy atom. The Hall–Kier alpha value is -2.65. The Kier molecular flexibility index (Phi) is 5.18. The summed E-state index contributed by atoms with van der Waals surface area (Å²) in [4.78, 5) is 30.6. The third kappa shape index (κ3) is 3.34. The van der Waals surface area contributed by atoms with Crippen LogP contribution in [0.1, 0.15) is 35.0 Å². The molecule has 0 amide bonds. The van der Waals surface area contributed by atoms with Crippen molar-refractivity contribution in [3.63, 3.8) is 0 Å². The van der Waals surface area contributed by atoms with Crippen molar-refractivity contribution in [2.45, 2.75) is 27.2 Å². The van der Waals surface area contributed by atoms with E-state index in [-0.39, 0.29) is 5.56 Å². The number of carbonyl (C=O) groups excluding carboxylic acids is 1. The van der Waals surface area contributed by atoms with Gasteiger partial charge in [-0.15, -0.1) is 16.4 Å². The highest BCUT2D eigenvalue weighted by molar-refractivity contribution is 9.10. The van der Waals surface area contributed by atoms with Crippen LogP contribution in [0.5, 0.6) is 0 Å². The van der Waals surface area contributed by atoms with Crippen LogP contribution in [0.25, 0.3) is 26.1 Å². The third-order valence-electron chi connectivity index (χ3n) is 4.54. The molecular formula is C20H17BrN4O3S. The standard InChI is InChI=1S/C20H17BrN4O3S/c1-4-8-28-20(27)12-6-5-7-13(9-12)25-19(26)17-16(23-24-25)14-10(2)15(21)11(3)22-18(14)29-17/h5-7,9H,4,8H2,1-3H3. The van der Waals surface area contributed by atoms with E-state index in [4.69, 9.17) is 4.74 Å². The number of rotatable bonds is 4. The summed E-state index contributed by atoms with van der Waals surface area (Å²) in [7, 11) is 0. The SMILES string of the molecule is CCCOC(=O)c1cccc(-n2nnc3c(sc4nc(C)c(Br)c(C)c43)c2=O)c1. The highest BCUT2D eigenvalue weighted by Gasteiger charge is 2.19. The third-order valence-corrected chi connectivity index (χ3v) is 6.77. The van der Waals surface area contributed by atoms with Gasteiger partial charge in [0.25, 0.3) is 5.56 Å². The first kappa shape index (κ1) is 19.7. The fraction of sp³-hybridized carbons (Fsp3) is 0.250. The number of hydrogen-bond donors (Lipinski definition) is 0. The lowest BCUT2D eigenvalue weighted by atomic mass is 10.1. The van der Waals surface area contributed by atoms with Crippen LogP contribution < -0.4 is 5.56 Å². The predicted octanol–water partition coefficient (Wildman–Crippen LogP) is 4.34. The van der Waals surface area contributed by atoms with Crippen LogP contribution in [0.3, 0.4) is 0 Å². The van der Waals surface area contributed by atoms with Crippen molar-refractivity contribution in [3.05, 3.63) is 55.9 Å². The van der Waals surface area contributed by atoms with Gasteiger partial charge >= 0.3 is 5.97 Å². The summed E-state index contributed by atoms with van der Waals surface area (Å²) < 4.78 is 7.74. The van der Waals surface area contributed by atoms with E-state index >= 15 is 0 Å². The molecule has 0 bridgehead atoms. The van der Waals surface area contributed by atoms with Crippen LogP contribution >= 0.6 is 27.3 Å². The molecule has 0 saturated carbocycles. The van der Waals surface area contributed by atoms with Gasteiger partial charge < -0.3 is 4.74 Å². The lowest BCUT2D eigenvalue weighted by molar-refractivity contribution is 0.0505. The molecule has 0 aliphatic heterocycles. The topological polar surface area (TPSA) is 87.0 Å². The normalized spacial score (nSPS) is 11.3. The average Bonchev–Trinajstić information content (AvgIpc) is 3.10. The van der Waals surface area contributed by atoms with E-state index in [0.717, 1.165) is 32.4 Å².